The summed E-state index contributed by atoms with van der Waals surface area (Å²) in [7, 11) is 0. The van der Waals surface area contributed by atoms with Gasteiger partial charge in [0, 0.05) is 5.92 Å². The van der Waals surface area contributed by atoms with Crippen molar-refractivity contribution in [3.63, 3.8) is 0 Å². The lowest BCUT2D eigenvalue weighted by atomic mass is 10.00. The quantitative estimate of drug-likeness (QED) is 0.489. The van der Waals surface area contributed by atoms with Crippen LogP contribution >= 0.6 is 11.3 Å². The van der Waals surface area contributed by atoms with Gasteiger partial charge >= 0.3 is 11.0 Å². The lowest BCUT2D eigenvalue weighted by molar-refractivity contribution is -0.137. The number of aryl methyl sites for hydroxylation is 1. The maximum Gasteiger partial charge on any atom is 0.416 e. The third kappa shape index (κ3) is 3.79. The average molecular weight is 443 g/mol. The summed E-state index contributed by atoms with van der Waals surface area (Å²) in [6.07, 6.45) is -6.62. The molecule has 1 aliphatic carbocycles. The van der Waals surface area contributed by atoms with E-state index < -0.39 is 23.7 Å². The number of benzene rings is 2. The number of ether oxygens (including phenoxy) is 1. The van der Waals surface area contributed by atoms with Crippen molar-refractivity contribution >= 4 is 11.3 Å². The molecule has 1 aliphatic rings. The number of rotatable bonds is 4. The van der Waals surface area contributed by atoms with Crippen molar-refractivity contribution in [3.8, 4) is 17.4 Å². The Balaban J connectivity index is 1.63. The molecule has 1 atom stereocenters. The van der Waals surface area contributed by atoms with Crippen LogP contribution in [0.25, 0.3) is 0 Å². The van der Waals surface area contributed by atoms with Crippen molar-refractivity contribution in [1.82, 2.24) is 4.98 Å². The summed E-state index contributed by atoms with van der Waals surface area (Å²) in [4.78, 5) is 14.0. The number of H-pyrrole nitrogens is 1. The van der Waals surface area contributed by atoms with Crippen LogP contribution in [0, 0.1) is 0 Å². The second-order valence-electron chi connectivity index (χ2n) is 6.83. The Morgan fingerprint density at radius 2 is 1.93 bits per heavy atom. The molecule has 30 heavy (non-hydrogen) atoms. The smallest absolute Gasteiger partial charge is 0.416 e. The number of hydrogen-bond acceptors (Lipinski definition) is 4. The van der Waals surface area contributed by atoms with Gasteiger partial charge in [-0.15, -0.1) is 0 Å². The van der Waals surface area contributed by atoms with E-state index in [9.17, 15) is 31.9 Å². The Morgan fingerprint density at radius 1 is 1.17 bits per heavy atom. The highest BCUT2D eigenvalue weighted by atomic mass is 32.1. The van der Waals surface area contributed by atoms with Gasteiger partial charge in [-0.1, -0.05) is 17.4 Å². The van der Waals surface area contributed by atoms with Crippen LogP contribution in [0.3, 0.4) is 0 Å². The van der Waals surface area contributed by atoms with E-state index in [1.165, 1.54) is 6.07 Å². The molecular formula is C20H14F5NO3S. The van der Waals surface area contributed by atoms with E-state index in [0.717, 1.165) is 28.5 Å². The molecule has 4 rings (SSSR count). The number of fused-ring (bicyclic) bond motifs is 1. The third-order valence-electron chi connectivity index (χ3n) is 4.97. The summed E-state index contributed by atoms with van der Waals surface area (Å²) >= 11 is 0.923. The largest absolute Gasteiger partial charge is 0.494 e. The van der Waals surface area contributed by atoms with Crippen molar-refractivity contribution in [2.45, 2.75) is 31.4 Å². The summed E-state index contributed by atoms with van der Waals surface area (Å²) < 4.78 is 70.5. The van der Waals surface area contributed by atoms with Gasteiger partial charge in [0.05, 0.1) is 16.0 Å². The summed E-state index contributed by atoms with van der Waals surface area (Å²) in [5.41, 5.74) is -0.296. The number of nitrogens with one attached hydrogen (secondary N) is 1. The predicted octanol–water partition coefficient (Wildman–Crippen LogP) is 5.97. The molecule has 10 heteroatoms. The highest BCUT2D eigenvalue weighted by molar-refractivity contribution is 7.09. The molecular weight excluding hydrogens is 429 g/mol. The number of halogens is 5. The van der Waals surface area contributed by atoms with Crippen LogP contribution in [0.2, 0.25) is 0 Å². The van der Waals surface area contributed by atoms with Crippen molar-refractivity contribution in [2.75, 3.05) is 0 Å². The molecule has 2 N–H and O–H groups in total. The van der Waals surface area contributed by atoms with Gasteiger partial charge in [-0.25, -0.2) is 8.78 Å². The molecule has 0 unspecified atom stereocenters. The fourth-order valence-corrected chi connectivity index (χ4v) is 4.50. The number of aromatic hydroxyl groups is 1. The minimum Gasteiger partial charge on any atom is -0.494 e. The molecule has 0 saturated heterocycles. The predicted molar refractivity (Wildman–Crippen MR) is 99.7 cm³/mol. The second-order valence-corrected chi connectivity index (χ2v) is 7.85. The summed E-state index contributed by atoms with van der Waals surface area (Å²) in [6, 6.07) is 6.83. The van der Waals surface area contributed by atoms with Crippen molar-refractivity contribution < 1.29 is 31.8 Å². The van der Waals surface area contributed by atoms with E-state index in [1.54, 1.807) is 12.1 Å². The standard InChI is InChI=1S/C20H14F5NO3S/c21-17(22)14-8-10(20(23,24)25)2-6-15(14)29-11-3-5-12-9(7-11)1-4-13(12)16-18(27)26-19(28)30-16/h2-3,5-8,13,17,27H,1,4H2,(H,26,28)/t13-/m1/s1. The van der Waals surface area contributed by atoms with Gasteiger partial charge in [0.15, 0.2) is 0 Å². The van der Waals surface area contributed by atoms with E-state index >= 15 is 0 Å². The van der Waals surface area contributed by atoms with Crippen molar-refractivity contribution in [2.24, 2.45) is 0 Å². The number of thiazole rings is 1. The molecule has 0 amide bonds. The molecule has 3 aromatic rings. The van der Waals surface area contributed by atoms with Crippen LogP contribution in [0.15, 0.2) is 41.2 Å². The van der Waals surface area contributed by atoms with E-state index in [2.05, 4.69) is 4.98 Å². The number of aromatic amines is 1. The van der Waals surface area contributed by atoms with Crippen LogP contribution in [0.1, 0.15) is 45.9 Å². The zero-order chi connectivity index (χ0) is 21.6. The summed E-state index contributed by atoms with van der Waals surface area (Å²) in [6.45, 7) is 0. The Bertz CT molecular complexity index is 1150. The van der Waals surface area contributed by atoms with Crippen LogP contribution in [0.5, 0.6) is 17.4 Å². The van der Waals surface area contributed by atoms with Gasteiger partial charge in [0.1, 0.15) is 11.5 Å². The van der Waals surface area contributed by atoms with Gasteiger partial charge in [0.25, 0.3) is 6.43 Å². The number of aromatic nitrogens is 1. The van der Waals surface area contributed by atoms with Gasteiger partial charge in [-0.2, -0.15) is 13.2 Å². The zero-order valence-electron chi connectivity index (χ0n) is 15.1. The summed E-state index contributed by atoms with van der Waals surface area (Å²) in [5, 5.41) is 9.91. The molecule has 2 aromatic carbocycles. The fraction of sp³-hybridized carbons (Fsp3) is 0.250. The topological polar surface area (TPSA) is 62.3 Å². The first kappa shape index (κ1) is 20.4. The van der Waals surface area contributed by atoms with Crippen LogP contribution in [-0.4, -0.2) is 10.1 Å². The molecule has 0 saturated carbocycles. The van der Waals surface area contributed by atoms with Crippen molar-refractivity contribution in [1.29, 1.82) is 0 Å². The van der Waals surface area contributed by atoms with Gasteiger partial charge < -0.3 is 9.84 Å². The first-order valence-corrected chi connectivity index (χ1v) is 9.67. The lowest BCUT2D eigenvalue weighted by Gasteiger charge is -2.15. The Morgan fingerprint density at radius 3 is 2.57 bits per heavy atom. The maximum absolute atomic E-state index is 13.3. The summed E-state index contributed by atoms with van der Waals surface area (Å²) in [5.74, 6) is -0.494. The number of alkyl halides is 5. The fourth-order valence-electron chi connectivity index (χ4n) is 3.61. The van der Waals surface area contributed by atoms with Crippen LogP contribution in [-0.2, 0) is 12.6 Å². The Kier molecular flexibility index (Phi) is 5.05. The number of hydrogen-bond donors (Lipinski definition) is 2. The van der Waals surface area contributed by atoms with Crippen LogP contribution < -0.4 is 9.61 Å². The monoisotopic (exact) mass is 443 g/mol. The van der Waals surface area contributed by atoms with E-state index in [4.69, 9.17) is 4.74 Å². The van der Waals surface area contributed by atoms with Crippen molar-refractivity contribution in [3.05, 3.63) is 73.2 Å². The van der Waals surface area contributed by atoms with Crippen LogP contribution in [0.4, 0.5) is 22.0 Å². The highest BCUT2D eigenvalue weighted by Gasteiger charge is 2.33. The first-order chi connectivity index (χ1) is 14.1. The maximum atomic E-state index is 13.3. The molecule has 1 heterocycles. The highest BCUT2D eigenvalue weighted by Crippen LogP contribution is 2.44. The molecule has 0 spiro atoms. The Hall–Kier alpha value is -2.88. The molecule has 158 valence electrons. The molecule has 0 radical (unpaired) electrons. The second kappa shape index (κ2) is 7.42. The van der Waals surface area contributed by atoms with E-state index in [-0.39, 0.29) is 28.2 Å². The van der Waals surface area contributed by atoms with Gasteiger partial charge in [-0.3, -0.25) is 9.78 Å². The normalized spacial score (nSPS) is 16.1. The van der Waals surface area contributed by atoms with Gasteiger partial charge in [-0.05, 0) is 54.3 Å². The first-order valence-electron chi connectivity index (χ1n) is 8.85. The minimum atomic E-state index is -4.74. The lowest BCUT2D eigenvalue weighted by Crippen LogP contribution is -2.06. The average Bonchev–Trinajstić information content (AvgIpc) is 3.22. The molecule has 0 fully saturated rings. The van der Waals surface area contributed by atoms with Gasteiger partial charge in [0.2, 0.25) is 5.88 Å². The third-order valence-corrected chi connectivity index (χ3v) is 5.95. The molecule has 4 nitrogen and oxygen atoms in total. The Labute approximate surface area is 170 Å². The van der Waals surface area contributed by atoms with E-state index in [1.807, 2.05) is 0 Å². The van der Waals surface area contributed by atoms with E-state index in [0.29, 0.717) is 29.9 Å². The molecule has 0 aliphatic heterocycles. The SMILES string of the molecule is O=c1[nH]c(O)c([C@@H]2CCc3cc(Oc4ccc(C(F)(F)F)cc4C(F)F)ccc32)s1. The minimum absolute atomic E-state index is 0.172. The molecule has 0 bridgehead atoms. The zero-order valence-corrected chi connectivity index (χ0v) is 15.9. The molecule has 1 aromatic heterocycles.